The largest absolute Gasteiger partial charge is 0.383 e. The van der Waals surface area contributed by atoms with E-state index in [2.05, 4.69) is 42.5 Å². The molecule has 0 fully saturated rings. The lowest BCUT2D eigenvalue weighted by Crippen LogP contribution is -2.22. The summed E-state index contributed by atoms with van der Waals surface area (Å²) in [6, 6.07) is 8.81. The molecule has 0 aliphatic rings. The molecule has 4 heteroatoms. The molecule has 0 bridgehead atoms. The van der Waals surface area contributed by atoms with Crippen molar-refractivity contribution in [3.63, 3.8) is 0 Å². The van der Waals surface area contributed by atoms with Crippen molar-refractivity contribution in [1.29, 1.82) is 0 Å². The zero-order chi connectivity index (χ0) is 13.0. The highest BCUT2D eigenvalue weighted by Gasteiger charge is 2.09. The molecule has 0 saturated carbocycles. The van der Waals surface area contributed by atoms with Gasteiger partial charge in [-0.05, 0) is 6.07 Å². The molecule has 0 aliphatic carbocycles. The van der Waals surface area contributed by atoms with Crippen molar-refractivity contribution in [2.75, 3.05) is 13.7 Å². The predicted molar refractivity (Wildman–Crippen MR) is 73.6 cm³/mol. The van der Waals surface area contributed by atoms with Crippen LogP contribution in [0.25, 0.3) is 10.9 Å². The number of rotatable bonds is 6. The van der Waals surface area contributed by atoms with Crippen LogP contribution >= 0.6 is 0 Å². The number of aromatic nitrogens is 2. The fourth-order valence-electron chi connectivity index (χ4n) is 1.98. The molecule has 2 aromatic rings. The molecule has 1 heterocycles. The smallest absolute Gasteiger partial charge is 0.0841 e. The van der Waals surface area contributed by atoms with Gasteiger partial charge in [0.05, 0.1) is 24.4 Å². The van der Waals surface area contributed by atoms with Gasteiger partial charge in [0.25, 0.3) is 0 Å². The van der Waals surface area contributed by atoms with Gasteiger partial charge in [0, 0.05) is 25.1 Å². The SMILES string of the molecule is COCCn1nc(CNC(C)C)c2ccccc21. The molecular weight excluding hydrogens is 226 g/mol. The third kappa shape index (κ3) is 2.89. The van der Waals surface area contributed by atoms with Crippen LogP contribution in [0.1, 0.15) is 19.5 Å². The minimum absolute atomic E-state index is 0.466. The number of nitrogens with zero attached hydrogens (tertiary/aromatic N) is 2. The molecule has 0 saturated heterocycles. The Kier molecular flexibility index (Phi) is 4.33. The van der Waals surface area contributed by atoms with Crippen LogP contribution in [0.15, 0.2) is 24.3 Å². The van der Waals surface area contributed by atoms with Gasteiger partial charge in [-0.15, -0.1) is 0 Å². The highest BCUT2D eigenvalue weighted by Crippen LogP contribution is 2.18. The quantitative estimate of drug-likeness (QED) is 0.850. The number of hydrogen-bond donors (Lipinski definition) is 1. The van der Waals surface area contributed by atoms with E-state index in [0.29, 0.717) is 12.6 Å². The van der Waals surface area contributed by atoms with Crippen LogP contribution in [0.2, 0.25) is 0 Å². The molecule has 0 unspecified atom stereocenters. The summed E-state index contributed by atoms with van der Waals surface area (Å²) in [6.07, 6.45) is 0. The van der Waals surface area contributed by atoms with E-state index < -0.39 is 0 Å². The van der Waals surface area contributed by atoms with E-state index in [4.69, 9.17) is 4.74 Å². The van der Waals surface area contributed by atoms with Crippen molar-refractivity contribution in [2.45, 2.75) is 33.0 Å². The highest BCUT2D eigenvalue weighted by molar-refractivity contribution is 5.81. The summed E-state index contributed by atoms with van der Waals surface area (Å²) in [5.74, 6) is 0. The number of para-hydroxylation sites is 1. The van der Waals surface area contributed by atoms with Gasteiger partial charge in [-0.3, -0.25) is 4.68 Å². The molecule has 0 atom stereocenters. The Balaban J connectivity index is 2.28. The first-order valence-electron chi connectivity index (χ1n) is 6.39. The van der Waals surface area contributed by atoms with E-state index in [0.717, 1.165) is 18.8 Å². The molecule has 0 amide bonds. The first-order chi connectivity index (χ1) is 8.72. The van der Waals surface area contributed by atoms with Crippen molar-refractivity contribution in [1.82, 2.24) is 15.1 Å². The van der Waals surface area contributed by atoms with Crippen LogP contribution < -0.4 is 5.32 Å². The van der Waals surface area contributed by atoms with Crippen LogP contribution in [0.4, 0.5) is 0 Å². The zero-order valence-corrected chi connectivity index (χ0v) is 11.3. The van der Waals surface area contributed by atoms with E-state index in [-0.39, 0.29) is 0 Å². The van der Waals surface area contributed by atoms with Crippen LogP contribution in [-0.2, 0) is 17.8 Å². The maximum atomic E-state index is 5.13. The average molecular weight is 247 g/mol. The van der Waals surface area contributed by atoms with Crippen LogP contribution in [0.5, 0.6) is 0 Å². The van der Waals surface area contributed by atoms with Crippen molar-refractivity contribution in [2.24, 2.45) is 0 Å². The lowest BCUT2D eigenvalue weighted by Gasteiger charge is -2.05. The third-order valence-electron chi connectivity index (χ3n) is 2.92. The Hall–Kier alpha value is -1.39. The predicted octanol–water partition coefficient (Wildman–Crippen LogP) is 2.18. The monoisotopic (exact) mass is 247 g/mol. The standard InChI is InChI=1S/C14H21N3O/c1-11(2)15-10-13-12-6-4-5-7-14(12)17(16-13)8-9-18-3/h4-7,11,15H,8-10H2,1-3H3. The number of methoxy groups -OCH3 is 1. The molecule has 1 aromatic carbocycles. The maximum Gasteiger partial charge on any atom is 0.0841 e. The number of nitrogens with one attached hydrogen (secondary N) is 1. The normalized spacial score (nSPS) is 11.6. The first kappa shape index (κ1) is 13.1. The second-order valence-corrected chi connectivity index (χ2v) is 4.72. The zero-order valence-electron chi connectivity index (χ0n) is 11.3. The van der Waals surface area contributed by atoms with Crippen LogP contribution in [0.3, 0.4) is 0 Å². The van der Waals surface area contributed by atoms with E-state index in [1.807, 2.05) is 10.7 Å². The Morgan fingerprint density at radius 1 is 1.33 bits per heavy atom. The number of fused-ring (bicyclic) bond motifs is 1. The van der Waals surface area contributed by atoms with Crippen molar-refractivity contribution < 1.29 is 4.74 Å². The topological polar surface area (TPSA) is 39.1 Å². The average Bonchev–Trinajstić information content (AvgIpc) is 2.72. The second-order valence-electron chi connectivity index (χ2n) is 4.72. The van der Waals surface area contributed by atoms with Gasteiger partial charge < -0.3 is 10.1 Å². The molecule has 1 N–H and O–H groups in total. The summed E-state index contributed by atoms with van der Waals surface area (Å²) in [6.45, 7) is 6.56. The summed E-state index contributed by atoms with van der Waals surface area (Å²) in [4.78, 5) is 0. The summed E-state index contributed by atoms with van der Waals surface area (Å²) >= 11 is 0. The summed E-state index contributed by atoms with van der Waals surface area (Å²) in [7, 11) is 1.72. The Bertz CT molecular complexity index is 505. The Morgan fingerprint density at radius 3 is 2.83 bits per heavy atom. The summed E-state index contributed by atoms with van der Waals surface area (Å²) in [5.41, 5.74) is 2.28. The van der Waals surface area contributed by atoms with Gasteiger partial charge in [-0.25, -0.2) is 0 Å². The van der Waals surface area contributed by atoms with Gasteiger partial charge >= 0.3 is 0 Å². The fraction of sp³-hybridized carbons (Fsp3) is 0.500. The minimum Gasteiger partial charge on any atom is -0.383 e. The third-order valence-corrected chi connectivity index (χ3v) is 2.92. The molecule has 0 radical (unpaired) electrons. The molecule has 2 rings (SSSR count). The van der Waals surface area contributed by atoms with Gasteiger partial charge in [0.1, 0.15) is 0 Å². The van der Waals surface area contributed by atoms with Crippen LogP contribution in [-0.4, -0.2) is 29.5 Å². The number of hydrogen-bond acceptors (Lipinski definition) is 3. The van der Waals surface area contributed by atoms with Crippen LogP contribution in [0, 0.1) is 0 Å². The minimum atomic E-state index is 0.466. The molecule has 98 valence electrons. The highest BCUT2D eigenvalue weighted by atomic mass is 16.5. The first-order valence-corrected chi connectivity index (χ1v) is 6.39. The number of ether oxygens (including phenoxy) is 1. The summed E-state index contributed by atoms with van der Waals surface area (Å²) < 4.78 is 7.15. The lowest BCUT2D eigenvalue weighted by atomic mass is 10.2. The van der Waals surface area contributed by atoms with E-state index in [9.17, 15) is 0 Å². The molecule has 18 heavy (non-hydrogen) atoms. The van der Waals surface area contributed by atoms with E-state index in [1.54, 1.807) is 7.11 Å². The van der Waals surface area contributed by atoms with Gasteiger partial charge in [0.15, 0.2) is 0 Å². The van der Waals surface area contributed by atoms with Crippen molar-refractivity contribution in [3.8, 4) is 0 Å². The van der Waals surface area contributed by atoms with Crippen molar-refractivity contribution >= 4 is 10.9 Å². The van der Waals surface area contributed by atoms with Gasteiger partial charge in [-0.2, -0.15) is 5.10 Å². The Labute approximate surface area is 108 Å². The molecule has 4 nitrogen and oxygen atoms in total. The summed E-state index contributed by atoms with van der Waals surface area (Å²) in [5, 5.41) is 9.31. The fourth-order valence-corrected chi connectivity index (χ4v) is 1.98. The van der Waals surface area contributed by atoms with Gasteiger partial charge in [-0.1, -0.05) is 32.0 Å². The van der Waals surface area contributed by atoms with Gasteiger partial charge in [0.2, 0.25) is 0 Å². The lowest BCUT2D eigenvalue weighted by molar-refractivity contribution is 0.184. The molecule has 1 aromatic heterocycles. The molecular formula is C14H21N3O. The van der Waals surface area contributed by atoms with E-state index >= 15 is 0 Å². The molecule has 0 aliphatic heterocycles. The molecule has 0 spiro atoms. The van der Waals surface area contributed by atoms with Crippen molar-refractivity contribution in [3.05, 3.63) is 30.0 Å². The van der Waals surface area contributed by atoms with E-state index in [1.165, 1.54) is 10.9 Å². The second kappa shape index (κ2) is 5.98. The number of benzene rings is 1. The maximum absolute atomic E-state index is 5.13. The Morgan fingerprint density at radius 2 is 2.11 bits per heavy atom.